The van der Waals surface area contributed by atoms with Crippen LogP contribution in [0.5, 0.6) is 0 Å². The lowest BCUT2D eigenvalue weighted by atomic mass is 9.98. The van der Waals surface area contributed by atoms with Gasteiger partial charge in [0, 0.05) is 34.3 Å². The highest BCUT2D eigenvalue weighted by Crippen LogP contribution is 2.30. The second kappa shape index (κ2) is 11.0. The molecule has 160 valence electrons. The molecule has 28 heavy (non-hydrogen) atoms. The van der Waals surface area contributed by atoms with E-state index in [0.29, 0.717) is 0 Å². The second-order valence-corrected chi connectivity index (χ2v) is 6.79. The van der Waals surface area contributed by atoms with Crippen LogP contribution in [0.15, 0.2) is 0 Å². The van der Waals surface area contributed by atoms with E-state index in [1.54, 1.807) is 0 Å². The predicted octanol–water partition coefficient (Wildman–Crippen LogP) is 0.742. The molecule has 0 saturated carbocycles. The summed E-state index contributed by atoms with van der Waals surface area (Å²) in [5, 5.41) is 0. The molecule has 10 nitrogen and oxygen atoms in total. The number of rotatable bonds is 8. The third-order valence-electron chi connectivity index (χ3n) is 3.55. The van der Waals surface area contributed by atoms with E-state index in [1.165, 1.54) is 20.8 Å². The summed E-state index contributed by atoms with van der Waals surface area (Å²) in [5.74, 6) is -2.44. The molecule has 1 saturated heterocycles. The molecular weight excluding hydrogens is 376 g/mol. The van der Waals surface area contributed by atoms with Gasteiger partial charge in [-0.1, -0.05) is 13.8 Å². The van der Waals surface area contributed by atoms with Gasteiger partial charge in [0.25, 0.3) is 0 Å². The number of ether oxygens (including phenoxy) is 6. The van der Waals surface area contributed by atoms with E-state index in [4.69, 9.17) is 28.4 Å². The molecule has 0 N–H and O–H groups in total. The SMILES string of the molecule is CC(=O)OC[C@H]1O[C@@H](OC(C)=O)[C@H](OC(C)=O)[C@@H](OCC(C)C)[C@@H]1OC(C)=O. The average molecular weight is 404 g/mol. The van der Waals surface area contributed by atoms with Crippen molar-refractivity contribution in [3.8, 4) is 0 Å². The van der Waals surface area contributed by atoms with Crippen molar-refractivity contribution in [2.45, 2.75) is 72.2 Å². The van der Waals surface area contributed by atoms with Gasteiger partial charge in [0.05, 0.1) is 0 Å². The summed E-state index contributed by atoms with van der Waals surface area (Å²) in [7, 11) is 0. The molecule has 0 amide bonds. The molecule has 1 aliphatic rings. The van der Waals surface area contributed by atoms with Gasteiger partial charge in [0.2, 0.25) is 6.29 Å². The summed E-state index contributed by atoms with van der Waals surface area (Å²) in [4.78, 5) is 45.9. The molecule has 0 radical (unpaired) electrons. The van der Waals surface area contributed by atoms with Gasteiger partial charge in [-0.25, -0.2) is 0 Å². The monoisotopic (exact) mass is 404 g/mol. The number of hydrogen-bond acceptors (Lipinski definition) is 10. The highest BCUT2D eigenvalue weighted by atomic mass is 16.7. The van der Waals surface area contributed by atoms with Crippen LogP contribution in [0, 0.1) is 5.92 Å². The maximum absolute atomic E-state index is 11.6. The number of carbonyl (C=O) groups is 4. The average Bonchev–Trinajstić information content (AvgIpc) is 2.53. The molecule has 1 rings (SSSR count). The van der Waals surface area contributed by atoms with Crippen molar-refractivity contribution in [2.24, 2.45) is 5.92 Å². The Bertz CT molecular complexity index is 573. The van der Waals surface area contributed by atoms with Crippen LogP contribution < -0.4 is 0 Å². The molecule has 0 unspecified atom stereocenters. The molecule has 0 aliphatic carbocycles. The summed E-state index contributed by atoms with van der Waals surface area (Å²) in [6.45, 7) is 8.52. The van der Waals surface area contributed by atoms with Crippen LogP contribution in [-0.4, -0.2) is 67.8 Å². The maximum Gasteiger partial charge on any atom is 0.305 e. The minimum absolute atomic E-state index is 0.109. The lowest BCUT2D eigenvalue weighted by molar-refractivity contribution is -0.305. The van der Waals surface area contributed by atoms with E-state index in [-0.39, 0.29) is 19.1 Å². The number of hydrogen-bond donors (Lipinski definition) is 0. The van der Waals surface area contributed by atoms with Gasteiger partial charge >= 0.3 is 23.9 Å². The van der Waals surface area contributed by atoms with Crippen LogP contribution in [0.25, 0.3) is 0 Å². The van der Waals surface area contributed by atoms with Gasteiger partial charge in [0.1, 0.15) is 18.8 Å². The van der Waals surface area contributed by atoms with Crippen molar-refractivity contribution in [1.82, 2.24) is 0 Å². The van der Waals surface area contributed by atoms with E-state index in [2.05, 4.69) is 0 Å². The summed E-state index contributed by atoms with van der Waals surface area (Å²) in [5.41, 5.74) is 0. The minimum atomic E-state index is -1.33. The summed E-state index contributed by atoms with van der Waals surface area (Å²) in [6.07, 6.45) is -5.58. The van der Waals surface area contributed by atoms with Gasteiger partial charge in [0.15, 0.2) is 12.2 Å². The molecule has 1 heterocycles. The smallest absolute Gasteiger partial charge is 0.305 e. The molecule has 1 aliphatic heterocycles. The van der Waals surface area contributed by atoms with E-state index < -0.39 is 54.6 Å². The zero-order valence-corrected chi connectivity index (χ0v) is 17.0. The third-order valence-corrected chi connectivity index (χ3v) is 3.55. The van der Waals surface area contributed by atoms with Gasteiger partial charge in [-0.3, -0.25) is 19.2 Å². The molecule has 0 aromatic heterocycles. The molecule has 5 atom stereocenters. The van der Waals surface area contributed by atoms with Crippen molar-refractivity contribution in [2.75, 3.05) is 13.2 Å². The molecule has 0 spiro atoms. The summed E-state index contributed by atoms with van der Waals surface area (Å²) < 4.78 is 32.2. The Balaban J connectivity index is 3.26. The first-order valence-electron chi connectivity index (χ1n) is 8.93. The molecule has 0 aromatic rings. The topological polar surface area (TPSA) is 124 Å². The number of esters is 4. The fourth-order valence-corrected chi connectivity index (χ4v) is 2.61. The summed E-state index contributed by atoms with van der Waals surface area (Å²) in [6, 6.07) is 0. The highest BCUT2D eigenvalue weighted by molar-refractivity contribution is 5.68. The van der Waals surface area contributed by atoms with Gasteiger partial charge in [-0.2, -0.15) is 0 Å². The highest BCUT2D eigenvalue weighted by Gasteiger charge is 2.52. The first kappa shape index (κ1) is 23.8. The van der Waals surface area contributed by atoms with Crippen LogP contribution >= 0.6 is 0 Å². The quantitative estimate of drug-likeness (QED) is 0.423. The van der Waals surface area contributed by atoms with Crippen molar-refractivity contribution in [1.29, 1.82) is 0 Å². The van der Waals surface area contributed by atoms with Crippen molar-refractivity contribution >= 4 is 23.9 Å². The van der Waals surface area contributed by atoms with Crippen molar-refractivity contribution < 1.29 is 47.6 Å². The zero-order valence-electron chi connectivity index (χ0n) is 17.0. The van der Waals surface area contributed by atoms with E-state index in [0.717, 1.165) is 6.92 Å². The molecule has 0 aromatic carbocycles. The Hall–Kier alpha value is -2.20. The Morgan fingerprint density at radius 3 is 1.79 bits per heavy atom. The standard InChI is InChI=1S/C18H28O10/c1-9(2)7-24-16-15(25-11(4)20)14(8-23-10(3)19)28-18(27-13(6)22)17(16)26-12(5)21/h9,14-18H,7-8H2,1-6H3/t14-,15-,16+,17-,18-/m1/s1. The lowest BCUT2D eigenvalue weighted by Gasteiger charge is -2.44. The van der Waals surface area contributed by atoms with Crippen LogP contribution in [-0.2, 0) is 47.6 Å². The normalized spacial score (nSPS) is 27.0. The first-order valence-corrected chi connectivity index (χ1v) is 8.93. The Labute approximate surface area is 163 Å². The van der Waals surface area contributed by atoms with Gasteiger partial charge < -0.3 is 28.4 Å². The predicted molar refractivity (Wildman–Crippen MR) is 92.7 cm³/mol. The lowest BCUT2D eigenvalue weighted by Crippen LogP contribution is -2.63. The van der Waals surface area contributed by atoms with Crippen molar-refractivity contribution in [3.05, 3.63) is 0 Å². The molecular formula is C18H28O10. The van der Waals surface area contributed by atoms with Gasteiger partial charge in [-0.15, -0.1) is 0 Å². The molecule has 0 bridgehead atoms. The first-order chi connectivity index (χ1) is 13.0. The van der Waals surface area contributed by atoms with Crippen LogP contribution in [0.3, 0.4) is 0 Å². The number of carbonyl (C=O) groups excluding carboxylic acids is 4. The maximum atomic E-state index is 11.6. The van der Waals surface area contributed by atoms with Crippen molar-refractivity contribution in [3.63, 3.8) is 0 Å². The van der Waals surface area contributed by atoms with E-state index in [9.17, 15) is 19.2 Å². The zero-order chi connectivity index (χ0) is 21.4. The second-order valence-electron chi connectivity index (χ2n) is 6.79. The molecule has 10 heteroatoms. The fraction of sp³-hybridized carbons (Fsp3) is 0.778. The third kappa shape index (κ3) is 7.81. The fourth-order valence-electron chi connectivity index (χ4n) is 2.61. The molecule has 1 fully saturated rings. The van der Waals surface area contributed by atoms with Crippen LogP contribution in [0.4, 0.5) is 0 Å². The Kier molecular flexibility index (Phi) is 9.33. The minimum Gasteiger partial charge on any atom is -0.463 e. The largest absolute Gasteiger partial charge is 0.463 e. The Morgan fingerprint density at radius 2 is 1.32 bits per heavy atom. The van der Waals surface area contributed by atoms with Crippen LogP contribution in [0.1, 0.15) is 41.5 Å². The van der Waals surface area contributed by atoms with Gasteiger partial charge in [-0.05, 0) is 5.92 Å². The summed E-state index contributed by atoms with van der Waals surface area (Å²) >= 11 is 0. The van der Waals surface area contributed by atoms with E-state index in [1.807, 2.05) is 13.8 Å². The van der Waals surface area contributed by atoms with Crippen LogP contribution in [0.2, 0.25) is 0 Å². The van der Waals surface area contributed by atoms with E-state index >= 15 is 0 Å². The Morgan fingerprint density at radius 1 is 0.786 bits per heavy atom.